The number of hydrogen-bond donors (Lipinski definition) is 0. The van der Waals surface area contributed by atoms with Gasteiger partial charge in [0.05, 0.1) is 0 Å². The summed E-state index contributed by atoms with van der Waals surface area (Å²) in [4.78, 5) is 9.69. The first-order valence-corrected chi connectivity index (χ1v) is 2.37. The molecule has 1 aliphatic carbocycles. The largest absolute Gasteiger partial charge is 0.303 e. The molecule has 2 heteroatoms. The van der Waals surface area contributed by atoms with Crippen LogP contribution in [-0.4, -0.2) is 11.7 Å². The van der Waals surface area contributed by atoms with E-state index in [9.17, 15) is 4.79 Å². The normalized spacial score (nSPS) is 42.2. The minimum Gasteiger partial charge on any atom is -0.303 e. The average molecular weight is 105 g/mol. The molecule has 1 fully saturated rings. The van der Waals surface area contributed by atoms with Crippen molar-refractivity contribution in [3.05, 3.63) is 0 Å². The summed E-state index contributed by atoms with van der Waals surface area (Å²) >= 11 is 5.42. The standard InChI is InChI=1S/C4H5ClO/c5-4-1-3(4)2-6/h2-4H,1H2/t3-,4+/m0/s1. The minimum atomic E-state index is 0.169. The van der Waals surface area contributed by atoms with Crippen LogP contribution in [0.1, 0.15) is 6.42 Å². The van der Waals surface area contributed by atoms with Crippen LogP contribution in [0, 0.1) is 5.92 Å². The first-order chi connectivity index (χ1) is 2.84. The predicted molar refractivity (Wildman–Crippen MR) is 23.8 cm³/mol. The van der Waals surface area contributed by atoms with Crippen molar-refractivity contribution >= 4 is 17.9 Å². The van der Waals surface area contributed by atoms with E-state index in [0.29, 0.717) is 0 Å². The summed E-state index contributed by atoms with van der Waals surface area (Å²) in [5.41, 5.74) is 0. The lowest BCUT2D eigenvalue weighted by molar-refractivity contribution is -0.108. The van der Waals surface area contributed by atoms with E-state index in [0.717, 1.165) is 12.7 Å². The number of alkyl halides is 1. The smallest absolute Gasteiger partial charge is 0.124 e. The molecule has 1 aliphatic rings. The van der Waals surface area contributed by atoms with Crippen LogP contribution in [-0.2, 0) is 4.79 Å². The van der Waals surface area contributed by atoms with E-state index >= 15 is 0 Å². The number of carbonyl (C=O) groups is 1. The summed E-state index contributed by atoms with van der Waals surface area (Å²) in [6.07, 6.45) is 1.81. The first kappa shape index (κ1) is 4.13. The lowest BCUT2D eigenvalue weighted by Crippen LogP contribution is -1.75. The fourth-order valence-electron chi connectivity index (χ4n) is 0.322. The Bertz CT molecular complexity index is 71.9. The third-order valence-corrected chi connectivity index (χ3v) is 1.44. The molecule has 0 aromatic heterocycles. The number of aldehydes is 1. The van der Waals surface area contributed by atoms with Gasteiger partial charge in [-0.25, -0.2) is 0 Å². The fraction of sp³-hybridized carbons (Fsp3) is 0.750. The average Bonchev–Trinajstić information content (AvgIpc) is 2.19. The molecule has 0 unspecified atom stereocenters. The Kier molecular flexibility index (Phi) is 0.845. The molecule has 1 nitrogen and oxygen atoms in total. The van der Waals surface area contributed by atoms with Crippen molar-refractivity contribution in [3.63, 3.8) is 0 Å². The highest BCUT2D eigenvalue weighted by molar-refractivity contribution is 6.23. The van der Waals surface area contributed by atoms with Gasteiger partial charge < -0.3 is 4.79 Å². The second-order valence-electron chi connectivity index (χ2n) is 1.55. The Hall–Kier alpha value is -0.0400. The quantitative estimate of drug-likeness (QED) is 0.356. The van der Waals surface area contributed by atoms with E-state index in [1.165, 1.54) is 0 Å². The van der Waals surface area contributed by atoms with Crippen LogP contribution in [0.3, 0.4) is 0 Å². The summed E-state index contributed by atoms with van der Waals surface area (Å²) in [6.45, 7) is 0. The Labute approximate surface area is 41.3 Å². The van der Waals surface area contributed by atoms with Gasteiger partial charge in [-0.05, 0) is 6.42 Å². The molecule has 1 rings (SSSR count). The molecule has 0 aromatic carbocycles. The van der Waals surface area contributed by atoms with Gasteiger partial charge in [-0.15, -0.1) is 11.6 Å². The van der Waals surface area contributed by atoms with E-state index < -0.39 is 0 Å². The molecular formula is C4H5ClO. The maximum absolute atomic E-state index is 9.69. The Balaban J connectivity index is 2.25. The summed E-state index contributed by atoms with van der Waals surface area (Å²) in [5, 5.41) is 0.169. The molecule has 0 N–H and O–H groups in total. The summed E-state index contributed by atoms with van der Waals surface area (Å²) in [6, 6.07) is 0. The highest BCUT2D eigenvalue weighted by Gasteiger charge is 2.34. The number of rotatable bonds is 1. The highest BCUT2D eigenvalue weighted by atomic mass is 35.5. The third kappa shape index (κ3) is 0.548. The van der Waals surface area contributed by atoms with Crippen LogP contribution in [0.4, 0.5) is 0 Å². The zero-order valence-corrected chi connectivity index (χ0v) is 3.98. The zero-order valence-electron chi connectivity index (χ0n) is 3.23. The molecular weight excluding hydrogens is 99.5 g/mol. The summed E-state index contributed by atoms with van der Waals surface area (Å²) < 4.78 is 0. The summed E-state index contributed by atoms with van der Waals surface area (Å²) in [5.74, 6) is 0.187. The monoisotopic (exact) mass is 104 g/mol. The summed E-state index contributed by atoms with van der Waals surface area (Å²) in [7, 11) is 0. The van der Waals surface area contributed by atoms with Gasteiger partial charge in [0.25, 0.3) is 0 Å². The topological polar surface area (TPSA) is 17.1 Å². The molecule has 0 aromatic rings. The van der Waals surface area contributed by atoms with Crippen LogP contribution < -0.4 is 0 Å². The molecule has 0 spiro atoms. The van der Waals surface area contributed by atoms with Crippen molar-refractivity contribution in [2.24, 2.45) is 5.92 Å². The molecule has 0 heterocycles. The highest BCUT2D eigenvalue weighted by Crippen LogP contribution is 2.33. The van der Waals surface area contributed by atoms with E-state index in [2.05, 4.69) is 0 Å². The number of halogens is 1. The number of hydrogen-bond acceptors (Lipinski definition) is 1. The molecule has 0 amide bonds. The zero-order chi connectivity index (χ0) is 4.57. The van der Waals surface area contributed by atoms with E-state index in [-0.39, 0.29) is 11.3 Å². The number of carbonyl (C=O) groups excluding carboxylic acids is 1. The Morgan fingerprint density at radius 3 is 2.33 bits per heavy atom. The maximum atomic E-state index is 9.69. The van der Waals surface area contributed by atoms with Gasteiger partial charge in [-0.2, -0.15) is 0 Å². The molecule has 1 saturated carbocycles. The van der Waals surface area contributed by atoms with Crippen molar-refractivity contribution < 1.29 is 4.79 Å². The van der Waals surface area contributed by atoms with Crippen molar-refractivity contribution in [1.82, 2.24) is 0 Å². The van der Waals surface area contributed by atoms with Crippen molar-refractivity contribution in [1.29, 1.82) is 0 Å². The predicted octanol–water partition coefficient (Wildman–Crippen LogP) is 0.813. The minimum absolute atomic E-state index is 0.169. The van der Waals surface area contributed by atoms with Crippen LogP contribution in [0.15, 0.2) is 0 Å². The molecule has 0 aliphatic heterocycles. The first-order valence-electron chi connectivity index (χ1n) is 1.94. The van der Waals surface area contributed by atoms with Gasteiger partial charge in [0.15, 0.2) is 0 Å². The van der Waals surface area contributed by atoms with Gasteiger partial charge in [-0.1, -0.05) is 0 Å². The van der Waals surface area contributed by atoms with Gasteiger partial charge >= 0.3 is 0 Å². The van der Waals surface area contributed by atoms with Gasteiger partial charge in [0.1, 0.15) is 6.29 Å². The Morgan fingerprint density at radius 1 is 1.83 bits per heavy atom. The third-order valence-electron chi connectivity index (χ3n) is 0.934. The van der Waals surface area contributed by atoms with Gasteiger partial charge in [0.2, 0.25) is 0 Å². The second-order valence-corrected chi connectivity index (χ2v) is 2.11. The van der Waals surface area contributed by atoms with Crippen LogP contribution in [0.5, 0.6) is 0 Å². The Morgan fingerprint density at radius 2 is 2.33 bits per heavy atom. The molecule has 2 atom stereocenters. The lowest BCUT2D eigenvalue weighted by atomic mass is 10.5. The van der Waals surface area contributed by atoms with Gasteiger partial charge in [0, 0.05) is 11.3 Å². The van der Waals surface area contributed by atoms with Crippen molar-refractivity contribution in [2.75, 3.05) is 0 Å². The molecule has 34 valence electrons. The SMILES string of the molecule is O=C[C@@H]1C[C@H]1Cl. The maximum Gasteiger partial charge on any atom is 0.124 e. The lowest BCUT2D eigenvalue weighted by Gasteiger charge is -1.65. The molecule has 0 radical (unpaired) electrons. The van der Waals surface area contributed by atoms with E-state index in [4.69, 9.17) is 11.6 Å². The molecule has 6 heavy (non-hydrogen) atoms. The second kappa shape index (κ2) is 1.23. The van der Waals surface area contributed by atoms with Crippen LogP contribution in [0.25, 0.3) is 0 Å². The van der Waals surface area contributed by atoms with Crippen molar-refractivity contribution in [3.8, 4) is 0 Å². The van der Waals surface area contributed by atoms with Crippen molar-refractivity contribution in [2.45, 2.75) is 11.8 Å². The van der Waals surface area contributed by atoms with E-state index in [1.54, 1.807) is 0 Å². The molecule has 0 bridgehead atoms. The van der Waals surface area contributed by atoms with E-state index in [1.807, 2.05) is 0 Å². The van der Waals surface area contributed by atoms with Crippen LogP contribution >= 0.6 is 11.6 Å². The fourth-order valence-corrected chi connectivity index (χ4v) is 0.587. The van der Waals surface area contributed by atoms with Crippen LogP contribution in [0.2, 0.25) is 0 Å². The van der Waals surface area contributed by atoms with Gasteiger partial charge in [-0.3, -0.25) is 0 Å². The molecule has 0 saturated heterocycles.